The molecule has 0 bridgehead atoms. The van der Waals surface area contributed by atoms with Crippen molar-refractivity contribution in [3.63, 3.8) is 0 Å². The Hall–Kier alpha value is -0.510. The molecule has 1 saturated heterocycles. The van der Waals surface area contributed by atoms with Crippen LogP contribution >= 0.6 is 23.2 Å². The summed E-state index contributed by atoms with van der Waals surface area (Å²) < 4.78 is 18.9. The maximum absolute atomic E-state index is 13.1. The van der Waals surface area contributed by atoms with Crippen molar-refractivity contribution in [3.8, 4) is 0 Å². The minimum absolute atomic E-state index is 0.240. The molecule has 1 N–H and O–H groups in total. The van der Waals surface area contributed by atoms with Gasteiger partial charge in [-0.25, -0.2) is 4.39 Å². The highest BCUT2D eigenvalue weighted by Crippen LogP contribution is 2.33. The summed E-state index contributed by atoms with van der Waals surface area (Å²) in [6, 6.07) is 2.80. The van der Waals surface area contributed by atoms with Crippen LogP contribution in [0.2, 0.25) is 10.0 Å². The molecule has 0 radical (unpaired) electrons. The summed E-state index contributed by atoms with van der Waals surface area (Å²) in [5.41, 5.74) is 0.610. The maximum atomic E-state index is 13.1. The van der Waals surface area contributed by atoms with E-state index in [1.54, 1.807) is 0 Å². The molecule has 5 heteroatoms. The van der Waals surface area contributed by atoms with Crippen LogP contribution in [0.3, 0.4) is 0 Å². The first-order chi connectivity index (χ1) is 8.97. The van der Waals surface area contributed by atoms with Crippen molar-refractivity contribution >= 4 is 28.9 Å². The summed E-state index contributed by atoms with van der Waals surface area (Å²) in [6.07, 6.45) is 2.04. The number of halogens is 3. The number of rotatable bonds is 3. The van der Waals surface area contributed by atoms with E-state index in [1.807, 2.05) is 0 Å². The van der Waals surface area contributed by atoms with Gasteiger partial charge < -0.3 is 10.1 Å². The second kappa shape index (κ2) is 6.29. The first kappa shape index (κ1) is 14.9. The van der Waals surface area contributed by atoms with Gasteiger partial charge in [0.1, 0.15) is 5.82 Å². The summed E-state index contributed by atoms with van der Waals surface area (Å²) in [6.45, 7) is 5.01. The Balaban J connectivity index is 2.09. The Morgan fingerprint density at radius 1 is 1.32 bits per heavy atom. The van der Waals surface area contributed by atoms with Crippen molar-refractivity contribution in [1.82, 2.24) is 0 Å². The third-order valence-electron chi connectivity index (χ3n) is 3.41. The van der Waals surface area contributed by atoms with Gasteiger partial charge in [-0.15, -0.1) is 0 Å². The van der Waals surface area contributed by atoms with Crippen LogP contribution in [-0.4, -0.2) is 18.8 Å². The van der Waals surface area contributed by atoms with Gasteiger partial charge in [0.15, 0.2) is 0 Å². The van der Waals surface area contributed by atoms with Crippen LogP contribution in [0, 0.1) is 11.7 Å². The van der Waals surface area contributed by atoms with Crippen molar-refractivity contribution in [2.24, 2.45) is 5.92 Å². The van der Waals surface area contributed by atoms with Crippen LogP contribution in [0.15, 0.2) is 12.1 Å². The van der Waals surface area contributed by atoms with Gasteiger partial charge in [-0.2, -0.15) is 0 Å². The lowest BCUT2D eigenvalue weighted by molar-refractivity contribution is -0.0160. The van der Waals surface area contributed by atoms with Crippen LogP contribution in [-0.2, 0) is 4.74 Å². The van der Waals surface area contributed by atoms with E-state index < -0.39 is 5.82 Å². The molecule has 1 aromatic rings. The lowest BCUT2D eigenvalue weighted by Crippen LogP contribution is -2.36. The molecule has 1 heterocycles. The summed E-state index contributed by atoms with van der Waals surface area (Å²) in [7, 11) is 0. The highest BCUT2D eigenvalue weighted by Gasteiger charge is 2.25. The van der Waals surface area contributed by atoms with E-state index in [1.165, 1.54) is 12.1 Å². The Kier molecular flexibility index (Phi) is 4.93. The van der Waals surface area contributed by atoms with E-state index >= 15 is 0 Å². The number of hydrogen-bond acceptors (Lipinski definition) is 2. The predicted molar refractivity (Wildman–Crippen MR) is 77.6 cm³/mol. The molecule has 2 unspecified atom stereocenters. The van der Waals surface area contributed by atoms with Crippen LogP contribution in [0.4, 0.5) is 10.1 Å². The van der Waals surface area contributed by atoms with E-state index in [4.69, 9.17) is 27.9 Å². The van der Waals surface area contributed by atoms with Gasteiger partial charge in [-0.05, 0) is 30.9 Å². The van der Waals surface area contributed by atoms with E-state index in [9.17, 15) is 4.39 Å². The van der Waals surface area contributed by atoms with E-state index in [0.29, 0.717) is 21.7 Å². The minimum atomic E-state index is -0.424. The Morgan fingerprint density at radius 3 is 2.53 bits per heavy atom. The Morgan fingerprint density at radius 2 is 1.95 bits per heavy atom. The molecule has 19 heavy (non-hydrogen) atoms. The summed E-state index contributed by atoms with van der Waals surface area (Å²) in [4.78, 5) is 0. The number of anilines is 1. The molecule has 0 aliphatic carbocycles. The normalized spacial score (nSPS) is 23.7. The number of ether oxygens (including phenoxy) is 1. The first-order valence-corrected chi connectivity index (χ1v) is 7.25. The molecule has 2 nitrogen and oxygen atoms in total. The molecule has 2 rings (SSSR count). The van der Waals surface area contributed by atoms with Gasteiger partial charge in [0.05, 0.1) is 21.8 Å². The SMILES string of the molecule is CC(C)C1CC(Nc2c(Cl)cc(F)cc2Cl)CCO1. The quantitative estimate of drug-likeness (QED) is 0.870. The van der Waals surface area contributed by atoms with Crippen LogP contribution < -0.4 is 5.32 Å². The Labute approximate surface area is 123 Å². The molecule has 1 fully saturated rings. The second-order valence-corrected chi connectivity index (χ2v) is 6.08. The number of nitrogens with one attached hydrogen (secondary N) is 1. The van der Waals surface area contributed by atoms with Crippen molar-refractivity contribution < 1.29 is 9.13 Å². The Bertz CT molecular complexity index is 430. The van der Waals surface area contributed by atoms with Crippen molar-refractivity contribution in [1.29, 1.82) is 0 Å². The molecule has 1 aromatic carbocycles. The smallest absolute Gasteiger partial charge is 0.126 e. The molecule has 0 aromatic heterocycles. The number of hydrogen-bond donors (Lipinski definition) is 1. The predicted octanol–water partition coefficient (Wildman–Crippen LogP) is 4.75. The summed E-state index contributed by atoms with van der Waals surface area (Å²) >= 11 is 12.1. The maximum Gasteiger partial charge on any atom is 0.126 e. The molecule has 2 atom stereocenters. The highest BCUT2D eigenvalue weighted by molar-refractivity contribution is 6.39. The standard InChI is InChI=1S/C14H18Cl2FNO/c1-8(2)13-7-10(3-4-19-13)18-14-11(15)5-9(17)6-12(14)16/h5-6,8,10,13,18H,3-4,7H2,1-2H3. The summed E-state index contributed by atoms with van der Waals surface area (Å²) in [5, 5.41) is 3.95. The third-order valence-corrected chi connectivity index (χ3v) is 4.01. The highest BCUT2D eigenvalue weighted by atomic mass is 35.5. The topological polar surface area (TPSA) is 21.3 Å². The fourth-order valence-electron chi connectivity index (χ4n) is 2.31. The minimum Gasteiger partial charge on any atom is -0.380 e. The monoisotopic (exact) mass is 305 g/mol. The molecule has 0 saturated carbocycles. The molecule has 106 valence electrons. The van der Waals surface area contributed by atoms with E-state index in [-0.39, 0.29) is 12.1 Å². The lowest BCUT2D eigenvalue weighted by Gasteiger charge is -2.33. The zero-order valence-corrected chi connectivity index (χ0v) is 12.6. The second-order valence-electron chi connectivity index (χ2n) is 5.26. The van der Waals surface area contributed by atoms with Crippen molar-refractivity contribution in [2.45, 2.75) is 38.8 Å². The number of benzene rings is 1. The van der Waals surface area contributed by atoms with Gasteiger partial charge in [0.25, 0.3) is 0 Å². The van der Waals surface area contributed by atoms with Gasteiger partial charge in [0.2, 0.25) is 0 Å². The lowest BCUT2D eigenvalue weighted by atomic mass is 9.95. The van der Waals surface area contributed by atoms with E-state index in [2.05, 4.69) is 19.2 Å². The molecule has 0 spiro atoms. The molecule has 0 amide bonds. The average Bonchev–Trinajstić information content (AvgIpc) is 2.34. The molecule has 1 aliphatic rings. The van der Waals surface area contributed by atoms with Gasteiger partial charge in [0, 0.05) is 12.6 Å². The first-order valence-electron chi connectivity index (χ1n) is 6.50. The van der Waals surface area contributed by atoms with Gasteiger partial charge in [-0.1, -0.05) is 37.0 Å². The third kappa shape index (κ3) is 3.74. The van der Waals surface area contributed by atoms with Crippen molar-refractivity contribution in [2.75, 3.05) is 11.9 Å². The van der Waals surface area contributed by atoms with Gasteiger partial charge >= 0.3 is 0 Å². The fraction of sp³-hybridized carbons (Fsp3) is 0.571. The van der Waals surface area contributed by atoms with E-state index in [0.717, 1.165) is 19.4 Å². The molecular weight excluding hydrogens is 288 g/mol. The summed E-state index contributed by atoms with van der Waals surface area (Å²) in [5.74, 6) is 0.0522. The zero-order chi connectivity index (χ0) is 14.0. The van der Waals surface area contributed by atoms with Crippen LogP contribution in [0.1, 0.15) is 26.7 Å². The molecular formula is C14H18Cl2FNO. The van der Waals surface area contributed by atoms with Crippen molar-refractivity contribution in [3.05, 3.63) is 28.0 Å². The molecule has 1 aliphatic heterocycles. The zero-order valence-electron chi connectivity index (χ0n) is 11.1. The fourth-order valence-corrected chi connectivity index (χ4v) is 2.88. The average molecular weight is 306 g/mol. The van der Waals surface area contributed by atoms with Crippen LogP contribution in [0.25, 0.3) is 0 Å². The largest absolute Gasteiger partial charge is 0.380 e. The van der Waals surface area contributed by atoms with Crippen LogP contribution in [0.5, 0.6) is 0 Å². The van der Waals surface area contributed by atoms with Gasteiger partial charge in [-0.3, -0.25) is 0 Å².